The zero-order valence-electron chi connectivity index (χ0n) is 14.1. The fourth-order valence-corrected chi connectivity index (χ4v) is 4.72. The first kappa shape index (κ1) is 14.4. The van der Waals surface area contributed by atoms with E-state index in [9.17, 15) is 4.79 Å². The summed E-state index contributed by atoms with van der Waals surface area (Å²) < 4.78 is 2.49. The molecule has 4 nitrogen and oxygen atoms in total. The molecule has 3 heterocycles. The Morgan fingerprint density at radius 1 is 1.04 bits per heavy atom. The Bertz CT molecular complexity index is 855. The van der Waals surface area contributed by atoms with E-state index in [4.69, 9.17) is 0 Å². The van der Waals surface area contributed by atoms with Gasteiger partial charge in [-0.3, -0.25) is 9.79 Å². The molecule has 0 radical (unpaired) electrons. The first-order valence-corrected chi connectivity index (χ1v) is 9.26. The van der Waals surface area contributed by atoms with Gasteiger partial charge in [-0.15, -0.1) is 0 Å². The van der Waals surface area contributed by atoms with Gasteiger partial charge in [0.1, 0.15) is 6.54 Å². The van der Waals surface area contributed by atoms with Crippen LogP contribution in [-0.4, -0.2) is 47.1 Å². The number of nitrogens with zero attached hydrogens (tertiary/aromatic N) is 3. The molecule has 1 aromatic heterocycles. The third-order valence-electron chi connectivity index (χ3n) is 5.87. The Kier molecular flexibility index (Phi) is 3.33. The maximum absolute atomic E-state index is 12.5. The third kappa shape index (κ3) is 2.09. The monoisotopic (exact) mass is 321 g/mol. The summed E-state index contributed by atoms with van der Waals surface area (Å²) in [7, 11) is 0. The van der Waals surface area contributed by atoms with E-state index in [1.54, 1.807) is 0 Å². The molecule has 1 fully saturated rings. The molecule has 0 saturated carbocycles. The molecule has 124 valence electrons. The Morgan fingerprint density at radius 3 is 2.79 bits per heavy atom. The fraction of sp³-hybridized carbons (Fsp3) is 0.500. The van der Waals surface area contributed by atoms with Crippen molar-refractivity contribution < 1.29 is 4.79 Å². The van der Waals surface area contributed by atoms with Crippen molar-refractivity contribution in [3.63, 3.8) is 0 Å². The number of carbonyl (C=O) groups is 1. The number of rotatable bonds is 3. The summed E-state index contributed by atoms with van der Waals surface area (Å²) in [5, 5.41) is 1.18. The van der Waals surface area contributed by atoms with Crippen LogP contribution in [0.25, 0.3) is 10.9 Å². The van der Waals surface area contributed by atoms with Crippen LogP contribution in [0, 0.1) is 0 Å². The van der Waals surface area contributed by atoms with Crippen LogP contribution in [0.2, 0.25) is 0 Å². The Labute approximate surface area is 142 Å². The van der Waals surface area contributed by atoms with Gasteiger partial charge in [-0.05, 0) is 51.3 Å². The number of benzene rings is 1. The molecule has 0 N–H and O–H groups in total. The molecule has 3 aliphatic rings. The Morgan fingerprint density at radius 2 is 1.92 bits per heavy atom. The Balaban J connectivity index is 1.67. The summed E-state index contributed by atoms with van der Waals surface area (Å²) in [6, 6.07) is 6.22. The van der Waals surface area contributed by atoms with Crippen LogP contribution in [0.5, 0.6) is 0 Å². The summed E-state index contributed by atoms with van der Waals surface area (Å²) in [6.45, 7) is 4.92. The second-order valence-corrected chi connectivity index (χ2v) is 7.26. The molecule has 0 unspecified atom stereocenters. The number of hydrogen-bond donors (Lipinski definition) is 0. The lowest BCUT2D eigenvalue weighted by Gasteiger charge is -2.20. The van der Waals surface area contributed by atoms with Crippen LogP contribution in [0.15, 0.2) is 23.2 Å². The van der Waals surface area contributed by atoms with Crippen molar-refractivity contribution in [1.82, 2.24) is 9.47 Å². The van der Waals surface area contributed by atoms with Crippen molar-refractivity contribution in [2.45, 2.75) is 38.6 Å². The third-order valence-corrected chi connectivity index (χ3v) is 5.87. The quantitative estimate of drug-likeness (QED) is 0.871. The van der Waals surface area contributed by atoms with E-state index < -0.39 is 0 Å². The van der Waals surface area contributed by atoms with Gasteiger partial charge in [-0.25, -0.2) is 0 Å². The summed E-state index contributed by atoms with van der Waals surface area (Å²) in [5.74, 6) is 0.169. The molecule has 4 heteroatoms. The standard InChI is InChI=1S/C20H23N3O/c24-18-13-21-15-6-4-8-17-20(15)19-14(18)5-3-7-16(19)23(17)12-11-22-9-1-2-10-22/h3,5,7H,1-2,4,6,8-13H2. The molecule has 24 heavy (non-hydrogen) atoms. The molecule has 1 aromatic carbocycles. The van der Waals surface area contributed by atoms with E-state index in [1.165, 1.54) is 53.8 Å². The highest BCUT2D eigenvalue weighted by Gasteiger charge is 2.29. The molecular formula is C20H23N3O. The average Bonchev–Trinajstić information content (AvgIpc) is 3.20. The number of hydrogen-bond acceptors (Lipinski definition) is 3. The van der Waals surface area contributed by atoms with Crippen LogP contribution in [0.4, 0.5) is 0 Å². The van der Waals surface area contributed by atoms with Gasteiger partial charge in [0.2, 0.25) is 0 Å². The zero-order chi connectivity index (χ0) is 16.1. The van der Waals surface area contributed by atoms with Crippen molar-refractivity contribution in [2.75, 3.05) is 26.2 Å². The van der Waals surface area contributed by atoms with E-state index in [1.807, 2.05) is 12.1 Å². The summed E-state index contributed by atoms with van der Waals surface area (Å²) in [6.07, 6.45) is 5.94. The predicted molar refractivity (Wildman–Crippen MR) is 96.3 cm³/mol. The lowest BCUT2D eigenvalue weighted by Crippen LogP contribution is -2.25. The lowest BCUT2D eigenvalue weighted by atomic mass is 9.92. The van der Waals surface area contributed by atoms with Crippen molar-refractivity contribution >= 4 is 22.4 Å². The number of ketones is 1. The van der Waals surface area contributed by atoms with Gasteiger partial charge in [0.15, 0.2) is 5.78 Å². The summed E-state index contributed by atoms with van der Waals surface area (Å²) in [5.41, 5.74) is 5.99. The van der Waals surface area contributed by atoms with Gasteiger partial charge in [0.25, 0.3) is 0 Å². The van der Waals surface area contributed by atoms with Crippen molar-refractivity contribution in [3.05, 3.63) is 35.0 Å². The van der Waals surface area contributed by atoms with Gasteiger partial charge in [0, 0.05) is 46.5 Å². The van der Waals surface area contributed by atoms with Crippen molar-refractivity contribution in [2.24, 2.45) is 4.99 Å². The smallest absolute Gasteiger partial charge is 0.184 e. The first-order valence-electron chi connectivity index (χ1n) is 9.26. The van der Waals surface area contributed by atoms with E-state index in [0.29, 0.717) is 6.54 Å². The highest BCUT2D eigenvalue weighted by molar-refractivity contribution is 6.22. The van der Waals surface area contributed by atoms with Crippen molar-refractivity contribution in [3.8, 4) is 0 Å². The zero-order valence-corrected chi connectivity index (χ0v) is 14.1. The Hall–Kier alpha value is -1.94. The second-order valence-electron chi connectivity index (χ2n) is 7.26. The number of carbonyl (C=O) groups excluding carboxylic acids is 1. The maximum Gasteiger partial charge on any atom is 0.184 e. The van der Waals surface area contributed by atoms with Gasteiger partial charge >= 0.3 is 0 Å². The number of aliphatic imine (C=N–C) groups is 1. The molecule has 1 aliphatic carbocycles. The van der Waals surface area contributed by atoms with Gasteiger partial charge < -0.3 is 9.47 Å². The molecular weight excluding hydrogens is 298 g/mol. The topological polar surface area (TPSA) is 37.6 Å². The van der Waals surface area contributed by atoms with E-state index in [2.05, 4.69) is 20.5 Å². The van der Waals surface area contributed by atoms with Gasteiger partial charge in [-0.2, -0.15) is 0 Å². The normalized spacial score (nSPS) is 20.5. The van der Waals surface area contributed by atoms with Crippen LogP contribution in [0.1, 0.15) is 47.3 Å². The molecule has 1 saturated heterocycles. The van der Waals surface area contributed by atoms with Crippen LogP contribution in [0.3, 0.4) is 0 Å². The van der Waals surface area contributed by atoms with Crippen LogP contribution in [-0.2, 0) is 13.0 Å². The molecule has 5 rings (SSSR count). The highest BCUT2D eigenvalue weighted by atomic mass is 16.1. The largest absolute Gasteiger partial charge is 0.343 e. The van der Waals surface area contributed by atoms with E-state index >= 15 is 0 Å². The van der Waals surface area contributed by atoms with Gasteiger partial charge in [0.05, 0.1) is 0 Å². The molecule has 0 spiro atoms. The summed E-state index contributed by atoms with van der Waals surface area (Å²) in [4.78, 5) is 19.8. The molecule has 0 atom stereocenters. The maximum atomic E-state index is 12.5. The fourth-order valence-electron chi connectivity index (χ4n) is 4.72. The first-order chi connectivity index (χ1) is 11.8. The van der Waals surface area contributed by atoms with Crippen molar-refractivity contribution in [1.29, 1.82) is 0 Å². The molecule has 0 bridgehead atoms. The second kappa shape index (κ2) is 5.55. The average molecular weight is 321 g/mol. The SMILES string of the molecule is O=C1CN=C2CCCc3c2c2c1cccc2n3CCN1CCCC1. The number of Topliss-reactive ketones (excluding diaryl/α,β-unsaturated/α-hetero) is 1. The van der Waals surface area contributed by atoms with Crippen LogP contribution >= 0.6 is 0 Å². The van der Waals surface area contributed by atoms with Crippen LogP contribution < -0.4 is 0 Å². The molecule has 0 amide bonds. The van der Waals surface area contributed by atoms with E-state index in [-0.39, 0.29) is 5.78 Å². The minimum atomic E-state index is 0.169. The minimum Gasteiger partial charge on any atom is -0.343 e. The minimum absolute atomic E-state index is 0.169. The predicted octanol–water partition coefficient (Wildman–Crippen LogP) is 3.06. The number of aromatic nitrogens is 1. The van der Waals surface area contributed by atoms with E-state index in [0.717, 1.165) is 37.9 Å². The molecule has 2 aromatic rings. The summed E-state index contributed by atoms with van der Waals surface area (Å²) >= 11 is 0. The molecule has 2 aliphatic heterocycles. The lowest BCUT2D eigenvalue weighted by molar-refractivity contribution is 0.100. The van der Waals surface area contributed by atoms with Gasteiger partial charge in [-0.1, -0.05) is 12.1 Å². The number of likely N-dealkylation sites (tertiary alicyclic amines) is 1. The highest BCUT2D eigenvalue weighted by Crippen LogP contribution is 2.36.